The van der Waals surface area contributed by atoms with Crippen molar-refractivity contribution in [3.63, 3.8) is 0 Å². The average molecular weight is 322 g/mol. The van der Waals surface area contributed by atoms with Gasteiger partial charge in [0.1, 0.15) is 5.52 Å². The molecule has 0 spiro atoms. The SMILES string of the molecule is CC(=O)OC[C@@H]1C=C(C)[C@H](n2cnc3c(Cl)nc(N)nc32)C1. The number of allylic oxidation sites excluding steroid dienone is 1. The largest absolute Gasteiger partial charge is 0.465 e. The maximum Gasteiger partial charge on any atom is 0.302 e. The van der Waals surface area contributed by atoms with E-state index in [0.717, 1.165) is 6.42 Å². The van der Waals surface area contributed by atoms with Crippen LogP contribution < -0.4 is 5.73 Å². The molecule has 2 N–H and O–H groups in total. The van der Waals surface area contributed by atoms with Crippen LogP contribution in [0, 0.1) is 5.92 Å². The van der Waals surface area contributed by atoms with E-state index < -0.39 is 0 Å². The zero-order valence-electron chi connectivity index (χ0n) is 12.3. The normalized spacial score (nSPS) is 21.1. The van der Waals surface area contributed by atoms with E-state index in [2.05, 4.69) is 21.0 Å². The lowest BCUT2D eigenvalue weighted by Crippen LogP contribution is -2.12. The van der Waals surface area contributed by atoms with Crippen molar-refractivity contribution in [1.82, 2.24) is 19.5 Å². The van der Waals surface area contributed by atoms with Crippen molar-refractivity contribution in [1.29, 1.82) is 0 Å². The molecule has 2 aromatic rings. The van der Waals surface area contributed by atoms with Gasteiger partial charge in [-0.25, -0.2) is 4.98 Å². The van der Waals surface area contributed by atoms with E-state index in [-0.39, 0.29) is 29.0 Å². The molecule has 0 fully saturated rings. The number of hydrogen-bond donors (Lipinski definition) is 1. The van der Waals surface area contributed by atoms with Crippen LogP contribution in [0.1, 0.15) is 26.3 Å². The van der Waals surface area contributed by atoms with Crippen LogP contribution in [0.3, 0.4) is 0 Å². The molecule has 0 unspecified atom stereocenters. The third-order valence-corrected chi connectivity index (χ3v) is 4.05. The van der Waals surface area contributed by atoms with Crippen LogP contribution in [-0.4, -0.2) is 32.1 Å². The first-order chi connectivity index (χ1) is 10.5. The van der Waals surface area contributed by atoms with Gasteiger partial charge in [-0.3, -0.25) is 4.79 Å². The quantitative estimate of drug-likeness (QED) is 0.528. The molecular formula is C14H16ClN5O2. The average Bonchev–Trinajstić information content (AvgIpc) is 3.00. The summed E-state index contributed by atoms with van der Waals surface area (Å²) in [7, 11) is 0. The molecular weight excluding hydrogens is 306 g/mol. The van der Waals surface area contributed by atoms with Gasteiger partial charge in [0.2, 0.25) is 5.95 Å². The zero-order chi connectivity index (χ0) is 15.9. The topological polar surface area (TPSA) is 95.9 Å². The highest BCUT2D eigenvalue weighted by atomic mass is 35.5. The molecule has 116 valence electrons. The smallest absolute Gasteiger partial charge is 0.302 e. The maximum absolute atomic E-state index is 10.9. The van der Waals surface area contributed by atoms with Gasteiger partial charge in [-0.15, -0.1) is 0 Å². The van der Waals surface area contributed by atoms with Gasteiger partial charge in [0, 0.05) is 12.8 Å². The van der Waals surface area contributed by atoms with Gasteiger partial charge in [-0.05, 0) is 13.3 Å². The van der Waals surface area contributed by atoms with Gasteiger partial charge in [0.15, 0.2) is 10.8 Å². The Balaban J connectivity index is 1.89. The number of carbonyl (C=O) groups excluding carboxylic acids is 1. The van der Waals surface area contributed by atoms with Gasteiger partial charge in [0.05, 0.1) is 19.0 Å². The molecule has 2 aromatic heterocycles. The predicted octanol–water partition coefficient (Wildman–Crippen LogP) is 2.13. The second-order valence-electron chi connectivity index (χ2n) is 5.42. The molecule has 0 aliphatic heterocycles. The molecule has 2 atom stereocenters. The van der Waals surface area contributed by atoms with Crippen LogP contribution in [0.2, 0.25) is 5.15 Å². The molecule has 22 heavy (non-hydrogen) atoms. The minimum atomic E-state index is -0.269. The summed E-state index contributed by atoms with van der Waals surface area (Å²) in [6, 6.07) is 0.0934. The minimum absolute atomic E-state index is 0.0934. The van der Waals surface area contributed by atoms with E-state index in [1.54, 1.807) is 6.33 Å². The molecule has 0 bridgehead atoms. The van der Waals surface area contributed by atoms with Crippen molar-refractivity contribution >= 4 is 34.7 Å². The Hall–Kier alpha value is -2.15. The lowest BCUT2D eigenvalue weighted by atomic mass is 10.1. The first kappa shape index (κ1) is 14.8. The Bertz CT molecular complexity index is 770. The highest BCUT2D eigenvalue weighted by Gasteiger charge is 2.28. The second kappa shape index (κ2) is 5.57. The summed E-state index contributed by atoms with van der Waals surface area (Å²) < 4.78 is 7.03. The van der Waals surface area contributed by atoms with Crippen LogP contribution in [0.25, 0.3) is 11.2 Å². The number of nitrogens with two attached hydrogens (primary N) is 1. The summed E-state index contributed by atoms with van der Waals surface area (Å²) in [5.74, 6) is 0.0335. The van der Waals surface area contributed by atoms with Crippen molar-refractivity contribution in [3.05, 3.63) is 23.1 Å². The van der Waals surface area contributed by atoms with Gasteiger partial charge >= 0.3 is 5.97 Å². The first-order valence-electron chi connectivity index (χ1n) is 6.93. The highest BCUT2D eigenvalue weighted by Crippen LogP contribution is 2.36. The number of nitrogen functional groups attached to an aromatic ring is 1. The molecule has 0 saturated heterocycles. The van der Waals surface area contributed by atoms with E-state index >= 15 is 0 Å². The van der Waals surface area contributed by atoms with Crippen LogP contribution in [0.5, 0.6) is 0 Å². The number of imidazole rings is 1. The van der Waals surface area contributed by atoms with Crippen LogP contribution in [0.4, 0.5) is 5.95 Å². The van der Waals surface area contributed by atoms with E-state index in [9.17, 15) is 4.79 Å². The Kier molecular flexibility index (Phi) is 3.74. The Morgan fingerprint density at radius 3 is 3.05 bits per heavy atom. The monoisotopic (exact) mass is 321 g/mol. The van der Waals surface area contributed by atoms with E-state index in [1.807, 2.05) is 11.5 Å². The number of rotatable bonds is 3. The van der Waals surface area contributed by atoms with Gasteiger partial charge in [-0.2, -0.15) is 9.97 Å². The molecule has 1 aliphatic rings. The molecule has 2 heterocycles. The number of hydrogen-bond acceptors (Lipinski definition) is 6. The van der Waals surface area contributed by atoms with Gasteiger partial charge in [0.25, 0.3) is 0 Å². The molecule has 1 aliphatic carbocycles. The second-order valence-corrected chi connectivity index (χ2v) is 5.78. The number of ether oxygens (including phenoxy) is 1. The third-order valence-electron chi connectivity index (χ3n) is 3.78. The first-order valence-corrected chi connectivity index (χ1v) is 7.30. The Morgan fingerprint density at radius 2 is 2.32 bits per heavy atom. The zero-order valence-corrected chi connectivity index (χ0v) is 13.0. The van der Waals surface area contributed by atoms with Gasteiger partial charge < -0.3 is 15.0 Å². The molecule has 0 aromatic carbocycles. The molecule has 3 rings (SSSR count). The van der Waals surface area contributed by atoms with Crippen molar-refractivity contribution < 1.29 is 9.53 Å². The van der Waals surface area contributed by atoms with Crippen molar-refractivity contribution in [2.75, 3.05) is 12.3 Å². The summed E-state index contributed by atoms with van der Waals surface area (Å²) in [6.07, 6.45) is 4.62. The fourth-order valence-electron chi connectivity index (χ4n) is 2.82. The number of carbonyl (C=O) groups is 1. The summed E-state index contributed by atoms with van der Waals surface area (Å²) in [5.41, 5.74) is 7.99. The summed E-state index contributed by atoms with van der Waals surface area (Å²) >= 11 is 6.05. The van der Waals surface area contributed by atoms with E-state index in [0.29, 0.717) is 17.8 Å². The van der Waals surface area contributed by atoms with E-state index in [4.69, 9.17) is 22.1 Å². The van der Waals surface area contributed by atoms with Crippen molar-refractivity contribution in [3.8, 4) is 0 Å². The van der Waals surface area contributed by atoms with Crippen LogP contribution in [-0.2, 0) is 9.53 Å². The molecule has 0 amide bonds. The Morgan fingerprint density at radius 1 is 1.55 bits per heavy atom. The van der Waals surface area contributed by atoms with E-state index in [1.165, 1.54) is 12.5 Å². The van der Waals surface area contributed by atoms with Crippen LogP contribution in [0.15, 0.2) is 18.0 Å². The molecule has 0 saturated carbocycles. The fourth-order valence-corrected chi connectivity index (χ4v) is 3.04. The lowest BCUT2D eigenvalue weighted by Gasteiger charge is -2.16. The number of anilines is 1. The maximum atomic E-state index is 10.9. The number of aromatic nitrogens is 4. The summed E-state index contributed by atoms with van der Waals surface area (Å²) in [5, 5.41) is 0.248. The van der Waals surface area contributed by atoms with Gasteiger partial charge in [-0.1, -0.05) is 23.3 Å². The number of esters is 1. The standard InChI is InChI=1S/C14H16ClN5O2/c1-7-3-9(5-22-8(2)21)4-10(7)20-6-17-11-12(15)18-14(16)19-13(11)20/h3,6,9-10H,4-5H2,1-2H3,(H2,16,18,19)/t9-,10-/m1/s1. The molecule has 7 nitrogen and oxygen atoms in total. The number of halogens is 1. The molecule has 8 heteroatoms. The summed E-state index contributed by atoms with van der Waals surface area (Å²) in [4.78, 5) is 23.4. The number of fused-ring (bicyclic) bond motifs is 1. The Labute approximate surface area is 132 Å². The minimum Gasteiger partial charge on any atom is -0.465 e. The highest BCUT2D eigenvalue weighted by molar-refractivity contribution is 6.33. The molecule has 0 radical (unpaired) electrons. The predicted molar refractivity (Wildman–Crippen MR) is 82.3 cm³/mol. The van der Waals surface area contributed by atoms with Crippen molar-refractivity contribution in [2.24, 2.45) is 5.92 Å². The van der Waals surface area contributed by atoms with Crippen molar-refractivity contribution in [2.45, 2.75) is 26.3 Å². The van der Waals surface area contributed by atoms with Crippen LogP contribution >= 0.6 is 11.6 Å². The summed E-state index contributed by atoms with van der Waals surface area (Å²) in [6.45, 7) is 3.83. The lowest BCUT2D eigenvalue weighted by molar-refractivity contribution is -0.141. The fraction of sp³-hybridized carbons (Fsp3) is 0.429. The number of nitrogens with zero attached hydrogens (tertiary/aromatic N) is 4. The third kappa shape index (κ3) is 2.64.